The first-order valence-corrected chi connectivity index (χ1v) is 12.0. The molecule has 0 saturated carbocycles. The molecule has 0 fully saturated rings. The number of carbonyl (C=O) groups is 1. The quantitative estimate of drug-likeness (QED) is 0.434. The molecule has 0 N–H and O–H groups in total. The van der Waals surface area contributed by atoms with Crippen LogP contribution in [0.5, 0.6) is 0 Å². The number of rotatable bonds is 6. The van der Waals surface area contributed by atoms with Gasteiger partial charge in [0.25, 0.3) is 5.91 Å². The first kappa shape index (κ1) is 22.6. The molecule has 0 radical (unpaired) electrons. The molecule has 1 amide bonds. The van der Waals surface area contributed by atoms with Crippen LogP contribution < -0.4 is 5.01 Å². The fraction of sp³-hybridized carbons (Fsp3) is 0.192. The van der Waals surface area contributed by atoms with Crippen LogP contribution in [0.4, 0.5) is 5.69 Å². The molecule has 0 aromatic heterocycles. The standard InChI is InChI=1S/C26H22N6O2S/c1-3-34-16-28-24-20(14-27)23(18-10-6-4-7-11-18)29-26-31(24)21(15-35-26)22-17(2)30-32(25(22)33)19-12-8-5-9-13-19/h4-13,15-16,22-23H,3H2,1-2H3. The Labute approximate surface area is 207 Å². The molecule has 3 aliphatic rings. The number of hydrazone groups is 1. The molecule has 8 nitrogen and oxygen atoms in total. The van der Waals surface area contributed by atoms with Gasteiger partial charge in [0.15, 0.2) is 17.4 Å². The summed E-state index contributed by atoms with van der Waals surface area (Å²) in [4.78, 5) is 24.7. The van der Waals surface area contributed by atoms with E-state index in [1.54, 1.807) is 4.90 Å². The second-order valence-corrected chi connectivity index (χ2v) is 8.76. The van der Waals surface area contributed by atoms with Crippen LogP contribution in [-0.4, -0.2) is 34.7 Å². The highest BCUT2D eigenvalue weighted by molar-refractivity contribution is 8.16. The van der Waals surface area contributed by atoms with E-state index in [1.807, 2.05) is 79.9 Å². The van der Waals surface area contributed by atoms with Crippen molar-refractivity contribution >= 4 is 40.6 Å². The molecule has 0 saturated heterocycles. The molecule has 2 atom stereocenters. The molecule has 35 heavy (non-hydrogen) atoms. The summed E-state index contributed by atoms with van der Waals surface area (Å²) < 4.78 is 5.37. The Hall–Kier alpha value is -4.16. The minimum absolute atomic E-state index is 0.168. The second kappa shape index (κ2) is 9.60. The average Bonchev–Trinajstić information content (AvgIpc) is 3.44. The highest BCUT2D eigenvalue weighted by Gasteiger charge is 2.45. The molecule has 5 rings (SSSR count). The molecule has 3 heterocycles. The first-order chi connectivity index (χ1) is 17.1. The zero-order valence-corrected chi connectivity index (χ0v) is 20.0. The number of amides is 1. The van der Waals surface area contributed by atoms with Gasteiger partial charge in [0.2, 0.25) is 0 Å². The molecule has 2 aromatic carbocycles. The number of aliphatic imine (C=N–C) groups is 2. The van der Waals surface area contributed by atoms with Crippen molar-refractivity contribution in [3.63, 3.8) is 0 Å². The molecular formula is C26H22N6O2S. The molecule has 3 aliphatic heterocycles. The van der Waals surface area contributed by atoms with Gasteiger partial charge in [0, 0.05) is 5.41 Å². The van der Waals surface area contributed by atoms with Crippen LogP contribution in [0.25, 0.3) is 0 Å². The van der Waals surface area contributed by atoms with Gasteiger partial charge in [0.1, 0.15) is 23.6 Å². The number of anilines is 1. The minimum atomic E-state index is -0.624. The summed E-state index contributed by atoms with van der Waals surface area (Å²) in [6, 6.07) is 20.8. The number of para-hydroxylation sites is 1. The molecule has 9 heteroatoms. The summed E-state index contributed by atoms with van der Waals surface area (Å²) in [6.07, 6.45) is 1.34. The third kappa shape index (κ3) is 4.02. The summed E-state index contributed by atoms with van der Waals surface area (Å²) >= 11 is 1.41. The van der Waals surface area contributed by atoms with Gasteiger partial charge in [-0.15, -0.1) is 0 Å². The lowest BCUT2D eigenvalue weighted by molar-refractivity contribution is -0.119. The van der Waals surface area contributed by atoms with Gasteiger partial charge < -0.3 is 4.74 Å². The zero-order chi connectivity index (χ0) is 24.4. The van der Waals surface area contributed by atoms with E-state index in [9.17, 15) is 10.1 Å². The fourth-order valence-electron chi connectivity index (χ4n) is 4.18. The lowest BCUT2D eigenvalue weighted by Crippen LogP contribution is -2.37. The molecule has 174 valence electrons. The van der Waals surface area contributed by atoms with Gasteiger partial charge in [-0.05, 0) is 31.5 Å². The molecule has 0 spiro atoms. The number of fused-ring (bicyclic) bond motifs is 1. The minimum Gasteiger partial charge on any atom is -0.483 e. The van der Waals surface area contributed by atoms with E-state index in [1.165, 1.54) is 23.2 Å². The highest BCUT2D eigenvalue weighted by atomic mass is 32.2. The fourth-order valence-corrected chi connectivity index (χ4v) is 5.11. The van der Waals surface area contributed by atoms with Gasteiger partial charge in [-0.3, -0.25) is 9.69 Å². The van der Waals surface area contributed by atoms with E-state index in [4.69, 9.17) is 9.73 Å². The number of nitrogens with zero attached hydrogens (tertiary/aromatic N) is 6. The predicted octanol–water partition coefficient (Wildman–Crippen LogP) is 4.83. The third-order valence-corrected chi connectivity index (χ3v) is 6.64. The first-order valence-electron chi connectivity index (χ1n) is 11.2. The van der Waals surface area contributed by atoms with E-state index in [2.05, 4.69) is 16.2 Å². The average molecular weight is 483 g/mol. The van der Waals surface area contributed by atoms with Crippen LogP contribution in [0.2, 0.25) is 0 Å². The van der Waals surface area contributed by atoms with Gasteiger partial charge in [-0.1, -0.05) is 60.3 Å². The number of hydrogen-bond acceptors (Lipinski definition) is 8. The van der Waals surface area contributed by atoms with E-state index in [-0.39, 0.29) is 5.91 Å². The summed E-state index contributed by atoms with van der Waals surface area (Å²) in [5, 5.41) is 18.7. The van der Waals surface area contributed by atoms with Gasteiger partial charge in [-0.2, -0.15) is 15.4 Å². The maximum Gasteiger partial charge on any atom is 0.262 e. The van der Waals surface area contributed by atoms with E-state index in [0.29, 0.717) is 40.3 Å². The molecular weight excluding hydrogens is 460 g/mol. The van der Waals surface area contributed by atoms with Crippen molar-refractivity contribution in [1.82, 2.24) is 4.90 Å². The largest absolute Gasteiger partial charge is 0.483 e. The maximum atomic E-state index is 13.5. The Bertz CT molecular complexity index is 1340. The summed E-state index contributed by atoms with van der Waals surface area (Å²) in [5.74, 6) is -0.394. The summed E-state index contributed by atoms with van der Waals surface area (Å²) in [7, 11) is 0. The molecule has 0 bridgehead atoms. The lowest BCUT2D eigenvalue weighted by atomic mass is 9.96. The van der Waals surface area contributed by atoms with Crippen molar-refractivity contribution in [3.8, 4) is 6.07 Å². The van der Waals surface area contributed by atoms with Crippen molar-refractivity contribution < 1.29 is 9.53 Å². The van der Waals surface area contributed by atoms with Crippen LogP contribution in [0.3, 0.4) is 0 Å². The second-order valence-electron chi connectivity index (χ2n) is 7.92. The van der Waals surface area contributed by atoms with Crippen LogP contribution in [0.15, 0.2) is 98.2 Å². The predicted molar refractivity (Wildman–Crippen MR) is 137 cm³/mol. The van der Waals surface area contributed by atoms with Gasteiger partial charge in [0.05, 0.1) is 23.7 Å². The number of thioether (sulfide) groups is 1. The number of carbonyl (C=O) groups excluding carboxylic acids is 1. The lowest BCUT2D eigenvalue weighted by Gasteiger charge is -2.31. The zero-order valence-electron chi connectivity index (χ0n) is 19.2. The number of benzene rings is 2. The normalized spacial score (nSPS) is 21.6. The molecule has 2 aromatic rings. The van der Waals surface area contributed by atoms with Crippen LogP contribution in [-0.2, 0) is 9.53 Å². The number of ether oxygens (including phenoxy) is 1. The smallest absolute Gasteiger partial charge is 0.262 e. The van der Waals surface area contributed by atoms with Gasteiger partial charge in [-0.25, -0.2) is 9.98 Å². The van der Waals surface area contributed by atoms with Crippen LogP contribution in [0.1, 0.15) is 25.5 Å². The Morgan fingerprint density at radius 2 is 1.89 bits per heavy atom. The van der Waals surface area contributed by atoms with Crippen molar-refractivity contribution in [2.24, 2.45) is 21.0 Å². The van der Waals surface area contributed by atoms with Crippen LogP contribution in [0, 0.1) is 17.2 Å². The Balaban J connectivity index is 1.56. The van der Waals surface area contributed by atoms with E-state index in [0.717, 1.165) is 5.56 Å². The number of hydrogen-bond donors (Lipinski definition) is 0. The maximum absolute atomic E-state index is 13.5. The Morgan fingerprint density at radius 1 is 1.17 bits per heavy atom. The van der Waals surface area contributed by atoms with Crippen LogP contribution >= 0.6 is 11.8 Å². The Morgan fingerprint density at radius 3 is 2.57 bits per heavy atom. The topological polar surface area (TPSA) is 93.6 Å². The summed E-state index contributed by atoms with van der Waals surface area (Å²) in [6.45, 7) is 4.14. The highest BCUT2D eigenvalue weighted by Crippen LogP contribution is 2.45. The van der Waals surface area contributed by atoms with Crippen molar-refractivity contribution in [2.45, 2.75) is 19.9 Å². The van der Waals surface area contributed by atoms with E-state index < -0.39 is 12.0 Å². The molecule has 0 aliphatic carbocycles. The SMILES string of the molecule is CCOC=NC1=C(C#N)C(c2ccccc2)N=C2SC=C(C3C(=O)N(c4ccccc4)N=C3C)N21. The summed E-state index contributed by atoms with van der Waals surface area (Å²) in [5.41, 5.74) is 3.29. The Kier molecular flexibility index (Phi) is 6.21. The number of amidine groups is 1. The van der Waals surface area contributed by atoms with E-state index >= 15 is 0 Å². The number of nitriles is 1. The molecule has 2 unspecified atom stereocenters. The van der Waals surface area contributed by atoms with Crippen molar-refractivity contribution in [3.05, 3.63) is 88.7 Å². The monoisotopic (exact) mass is 482 g/mol. The van der Waals surface area contributed by atoms with Crippen molar-refractivity contribution in [2.75, 3.05) is 11.6 Å². The van der Waals surface area contributed by atoms with Crippen molar-refractivity contribution in [1.29, 1.82) is 5.26 Å². The third-order valence-electron chi connectivity index (χ3n) is 5.78. The van der Waals surface area contributed by atoms with Gasteiger partial charge >= 0.3 is 0 Å².